The first kappa shape index (κ1) is 17.0. The van der Waals surface area contributed by atoms with Crippen LogP contribution in [-0.4, -0.2) is 21.6 Å². The third-order valence-corrected chi connectivity index (χ3v) is 4.59. The fraction of sp³-hybridized carbons (Fsp3) is 0.150. The minimum Gasteiger partial charge on any atom is -0.326 e. The van der Waals surface area contributed by atoms with E-state index < -0.39 is 6.04 Å². The molecule has 4 rings (SSSR count). The van der Waals surface area contributed by atoms with Crippen molar-refractivity contribution in [1.82, 2.24) is 9.78 Å². The number of aryl methyl sites for hydroxylation is 1. The molecule has 1 aromatic heterocycles. The number of carbonyl (C=O) groups excluding carboxylic acids is 2. The predicted octanol–water partition coefficient (Wildman–Crippen LogP) is 3.52. The lowest BCUT2D eigenvalue weighted by atomic mass is 10.1. The molecular weight excluding hydrogens is 347 g/mol. The number of para-hydroxylation sites is 1. The average Bonchev–Trinajstić information content (AvgIpc) is 3.18. The van der Waals surface area contributed by atoms with Gasteiger partial charge in [-0.2, -0.15) is 5.10 Å². The van der Waals surface area contributed by atoms with Gasteiger partial charge in [-0.05, 0) is 36.2 Å². The summed E-state index contributed by atoms with van der Waals surface area (Å²) < 4.78 is 14.7. The van der Waals surface area contributed by atoms with Gasteiger partial charge in [0, 0.05) is 11.3 Å². The molecule has 0 radical (unpaired) electrons. The van der Waals surface area contributed by atoms with E-state index in [1.807, 2.05) is 31.2 Å². The van der Waals surface area contributed by atoms with E-state index in [1.165, 1.54) is 16.8 Å². The van der Waals surface area contributed by atoms with Crippen LogP contribution in [0.3, 0.4) is 0 Å². The van der Waals surface area contributed by atoms with Gasteiger partial charge in [0.05, 0.1) is 12.6 Å². The highest BCUT2D eigenvalue weighted by Crippen LogP contribution is 2.35. The molecule has 0 bridgehead atoms. The van der Waals surface area contributed by atoms with Crippen LogP contribution in [0.5, 0.6) is 0 Å². The number of nitrogens with zero attached hydrogens (tertiary/aromatic N) is 2. The van der Waals surface area contributed by atoms with Gasteiger partial charge < -0.3 is 10.6 Å². The summed E-state index contributed by atoms with van der Waals surface area (Å²) in [6.45, 7) is 1.90. The van der Waals surface area contributed by atoms with Crippen LogP contribution in [0.4, 0.5) is 15.9 Å². The molecule has 2 aromatic carbocycles. The SMILES string of the molecule is Cc1ccccc1NC(=O)CC1C(=O)Nc2c(-c3ccc(F)cc3)cnn21. The summed E-state index contributed by atoms with van der Waals surface area (Å²) in [5.74, 6) is -0.379. The largest absolute Gasteiger partial charge is 0.326 e. The van der Waals surface area contributed by atoms with Crippen molar-refractivity contribution in [2.24, 2.45) is 0 Å². The smallest absolute Gasteiger partial charge is 0.251 e. The van der Waals surface area contributed by atoms with E-state index in [9.17, 15) is 14.0 Å². The van der Waals surface area contributed by atoms with Gasteiger partial charge in [-0.3, -0.25) is 9.59 Å². The Hall–Kier alpha value is -3.48. The number of aromatic nitrogens is 2. The van der Waals surface area contributed by atoms with Crippen LogP contribution in [0.15, 0.2) is 54.7 Å². The molecule has 1 aliphatic rings. The molecule has 1 aliphatic heterocycles. The van der Waals surface area contributed by atoms with Crippen LogP contribution in [0, 0.1) is 12.7 Å². The Kier molecular flexibility index (Phi) is 4.19. The highest BCUT2D eigenvalue weighted by atomic mass is 19.1. The van der Waals surface area contributed by atoms with Gasteiger partial charge in [-0.25, -0.2) is 9.07 Å². The third-order valence-electron chi connectivity index (χ3n) is 4.59. The number of halogens is 1. The number of hydrogen-bond donors (Lipinski definition) is 2. The molecule has 2 N–H and O–H groups in total. The normalized spacial score (nSPS) is 15.3. The van der Waals surface area contributed by atoms with Gasteiger partial charge in [0.25, 0.3) is 5.91 Å². The first-order chi connectivity index (χ1) is 13.0. The Morgan fingerprint density at radius 2 is 1.96 bits per heavy atom. The number of amides is 2. The van der Waals surface area contributed by atoms with Crippen LogP contribution in [-0.2, 0) is 9.59 Å². The lowest BCUT2D eigenvalue weighted by Gasteiger charge is -2.11. The fourth-order valence-corrected chi connectivity index (χ4v) is 3.14. The summed E-state index contributed by atoms with van der Waals surface area (Å²) in [5.41, 5.74) is 3.09. The molecule has 0 fully saturated rings. The van der Waals surface area contributed by atoms with Gasteiger partial charge >= 0.3 is 0 Å². The molecule has 27 heavy (non-hydrogen) atoms. The lowest BCUT2D eigenvalue weighted by Crippen LogP contribution is -2.23. The van der Waals surface area contributed by atoms with E-state index in [4.69, 9.17) is 0 Å². The van der Waals surface area contributed by atoms with Crippen LogP contribution in [0.25, 0.3) is 11.1 Å². The Balaban J connectivity index is 1.55. The molecule has 136 valence electrons. The predicted molar refractivity (Wildman–Crippen MR) is 99.7 cm³/mol. The first-order valence-electron chi connectivity index (χ1n) is 8.53. The maximum atomic E-state index is 13.1. The lowest BCUT2D eigenvalue weighted by molar-refractivity contribution is -0.123. The second-order valence-corrected chi connectivity index (χ2v) is 6.43. The standard InChI is InChI=1S/C20H17FN4O2/c1-12-4-2-3-5-16(12)23-18(26)10-17-20(27)24-19-15(11-22-25(17)19)13-6-8-14(21)9-7-13/h2-9,11,17H,10H2,1H3,(H,23,26)(H,24,27). The van der Waals surface area contributed by atoms with Crippen molar-refractivity contribution in [2.75, 3.05) is 10.6 Å². The number of nitrogens with one attached hydrogen (secondary N) is 2. The minimum atomic E-state index is -0.724. The van der Waals surface area contributed by atoms with E-state index in [-0.39, 0.29) is 24.1 Å². The molecule has 0 spiro atoms. The minimum absolute atomic E-state index is 0.0301. The summed E-state index contributed by atoms with van der Waals surface area (Å²) in [4.78, 5) is 24.8. The molecule has 0 aliphatic carbocycles. The van der Waals surface area contributed by atoms with Crippen LogP contribution in [0.2, 0.25) is 0 Å². The maximum absolute atomic E-state index is 13.1. The molecule has 1 atom stereocenters. The molecule has 2 heterocycles. The summed E-state index contributed by atoms with van der Waals surface area (Å²) in [7, 11) is 0. The van der Waals surface area contributed by atoms with Crippen molar-refractivity contribution >= 4 is 23.3 Å². The number of rotatable bonds is 4. The van der Waals surface area contributed by atoms with Crippen LogP contribution < -0.4 is 10.6 Å². The summed E-state index contributed by atoms with van der Waals surface area (Å²) >= 11 is 0. The van der Waals surface area contributed by atoms with Crippen molar-refractivity contribution in [3.8, 4) is 11.1 Å². The second kappa shape index (κ2) is 6.68. The zero-order chi connectivity index (χ0) is 19.0. The fourth-order valence-electron chi connectivity index (χ4n) is 3.14. The number of anilines is 2. The highest BCUT2D eigenvalue weighted by molar-refractivity contribution is 6.04. The molecule has 0 saturated carbocycles. The molecule has 2 amide bonds. The Morgan fingerprint density at radius 1 is 1.22 bits per heavy atom. The maximum Gasteiger partial charge on any atom is 0.251 e. The van der Waals surface area contributed by atoms with Gasteiger partial charge in [0.1, 0.15) is 17.7 Å². The van der Waals surface area contributed by atoms with E-state index in [2.05, 4.69) is 15.7 Å². The number of carbonyl (C=O) groups is 2. The Morgan fingerprint density at radius 3 is 2.70 bits per heavy atom. The van der Waals surface area contributed by atoms with Crippen molar-refractivity contribution in [2.45, 2.75) is 19.4 Å². The van der Waals surface area contributed by atoms with Crippen molar-refractivity contribution in [1.29, 1.82) is 0 Å². The van der Waals surface area contributed by atoms with Crippen molar-refractivity contribution in [3.05, 3.63) is 66.1 Å². The van der Waals surface area contributed by atoms with Gasteiger partial charge in [0.2, 0.25) is 5.91 Å². The molecule has 1 unspecified atom stereocenters. The topological polar surface area (TPSA) is 76.0 Å². The van der Waals surface area contributed by atoms with Gasteiger partial charge in [0.15, 0.2) is 0 Å². The van der Waals surface area contributed by atoms with E-state index in [0.717, 1.165) is 11.1 Å². The van der Waals surface area contributed by atoms with Crippen LogP contribution in [0.1, 0.15) is 18.0 Å². The van der Waals surface area contributed by atoms with Gasteiger partial charge in [-0.1, -0.05) is 30.3 Å². The number of hydrogen-bond acceptors (Lipinski definition) is 3. The monoisotopic (exact) mass is 364 g/mol. The molecule has 6 nitrogen and oxygen atoms in total. The van der Waals surface area contributed by atoms with Crippen molar-refractivity contribution in [3.63, 3.8) is 0 Å². The second-order valence-electron chi connectivity index (χ2n) is 6.43. The van der Waals surface area contributed by atoms with E-state index in [1.54, 1.807) is 18.3 Å². The Bertz CT molecular complexity index is 1030. The third kappa shape index (κ3) is 3.19. The van der Waals surface area contributed by atoms with Crippen molar-refractivity contribution < 1.29 is 14.0 Å². The molecule has 0 saturated heterocycles. The molecular formula is C20H17FN4O2. The number of fused-ring (bicyclic) bond motifs is 1. The first-order valence-corrected chi connectivity index (χ1v) is 8.53. The zero-order valence-corrected chi connectivity index (χ0v) is 14.6. The van der Waals surface area contributed by atoms with E-state index in [0.29, 0.717) is 17.1 Å². The van der Waals surface area contributed by atoms with Crippen LogP contribution >= 0.6 is 0 Å². The summed E-state index contributed by atoms with van der Waals surface area (Å²) in [6, 6.07) is 12.7. The zero-order valence-electron chi connectivity index (χ0n) is 14.6. The highest BCUT2D eigenvalue weighted by Gasteiger charge is 2.35. The quantitative estimate of drug-likeness (QED) is 0.744. The summed E-state index contributed by atoms with van der Waals surface area (Å²) in [5, 5.41) is 9.87. The number of benzene rings is 2. The molecule has 3 aromatic rings. The van der Waals surface area contributed by atoms with Gasteiger partial charge in [-0.15, -0.1) is 0 Å². The summed E-state index contributed by atoms with van der Waals surface area (Å²) in [6.07, 6.45) is 1.58. The Labute approximate surface area is 155 Å². The van der Waals surface area contributed by atoms with E-state index >= 15 is 0 Å². The molecule has 7 heteroatoms. The average molecular weight is 364 g/mol.